The average Bonchev–Trinajstić information content (AvgIpc) is 2.81. The zero-order valence-electron chi connectivity index (χ0n) is 18.5. The van der Waals surface area contributed by atoms with Gasteiger partial charge >= 0.3 is 0 Å². The van der Waals surface area contributed by atoms with Crippen LogP contribution in [0.25, 0.3) is 0 Å². The number of hydrogen-bond donors (Lipinski definition) is 1. The number of piperidine rings is 2. The number of carbonyl (C=O) groups excluding carboxylic acids is 2. The molecule has 1 aromatic rings. The van der Waals surface area contributed by atoms with Crippen molar-refractivity contribution in [2.45, 2.75) is 37.0 Å². The molecule has 32 heavy (non-hydrogen) atoms. The molecule has 3 rings (SSSR count). The molecule has 10 heteroatoms. The molecule has 8 nitrogen and oxygen atoms in total. The van der Waals surface area contributed by atoms with Crippen molar-refractivity contribution >= 4 is 21.8 Å². The summed E-state index contributed by atoms with van der Waals surface area (Å²) in [6.07, 6.45) is 2.84. The lowest BCUT2D eigenvalue weighted by Gasteiger charge is -2.36. The molecule has 178 valence electrons. The molecule has 0 spiro atoms. The maximum atomic E-state index is 14.0. The number of hydrogen-bond acceptors (Lipinski definition) is 5. The Hall–Kier alpha value is -2.04. The van der Waals surface area contributed by atoms with Gasteiger partial charge in [-0.25, -0.2) is 12.8 Å². The third-order valence-electron chi connectivity index (χ3n) is 6.26. The molecule has 0 aromatic heterocycles. The van der Waals surface area contributed by atoms with Crippen molar-refractivity contribution in [1.82, 2.24) is 14.5 Å². The number of sulfonamides is 1. The molecule has 1 N–H and O–H groups in total. The summed E-state index contributed by atoms with van der Waals surface area (Å²) in [6.45, 7) is 2.63. The van der Waals surface area contributed by atoms with Crippen LogP contribution in [0.3, 0.4) is 0 Å². The number of nitrogens with zero attached hydrogens (tertiary/aromatic N) is 2. The summed E-state index contributed by atoms with van der Waals surface area (Å²) >= 11 is 0. The molecule has 0 atom stereocenters. The Balaban J connectivity index is 1.46. The fraction of sp³-hybridized carbons (Fsp3) is 0.636. The van der Waals surface area contributed by atoms with Crippen molar-refractivity contribution in [3.63, 3.8) is 0 Å². The van der Waals surface area contributed by atoms with Gasteiger partial charge in [0.2, 0.25) is 21.8 Å². The second-order valence-electron chi connectivity index (χ2n) is 8.35. The largest absolute Gasteiger partial charge is 0.385 e. The van der Waals surface area contributed by atoms with E-state index in [9.17, 15) is 22.4 Å². The number of amides is 2. The minimum Gasteiger partial charge on any atom is -0.385 e. The maximum Gasteiger partial charge on any atom is 0.245 e. The van der Waals surface area contributed by atoms with Gasteiger partial charge in [0.1, 0.15) is 10.7 Å². The number of likely N-dealkylation sites (tertiary alicyclic amines) is 1. The Morgan fingerprint density at radius 3 is 2.31 bits per heavy atom. The number of halogens is 1. The van der Waals surface area contributed by atoms with Gasteiger partial charge in [0.15, 0.2) is 0 Å². The van der Waals surface area contributed by atoms with Crippen LogP contribution in [0.2, 0.25) is 0 Å². The highest BCUT2D eigenvalue weighted by Gasteiger charge is 2.36. The SMILES string of the molecule is COCCCNC(=O)C1CCN(C(=O)C2CCN(S(=O)(=O)c3ccccc3F)CC2)CC1. The molecule has 2 amide bonds. The third-order valence-corrected chi connectivity index (χ3v) is 8.19. The molecule has 0 aliphatic carbocycles. The molecule has 2 aliphatic heterocycles. The highest BCUT2D eigenvalue weighted by Crippen LogP contribution is 2.28. The minimum atomic E-state index is -3.91. The van der Waals surface area contributed by atoms with Gasteiger partial charge in [-0.2, -0.15) is 4.31 Å². The summed E-state index contributed by atoms with van der Waals surface area (Å²) in [5.74, 6) is -1.06. The molecule has 1 aromatic carbocycles. The van der Waals surface area contributed by atoms with Crippen LogP contribution in [-0.2, 0) is 24.3 Å². The zero-order valence-corrected chi connectivity index (χ0v) is 19.3. The quantitative estimate of drug-likeness (QED) is 0.584. The van der Waals surface area contributed by atoms with Crippen LogP contribution < -0.4 is 5.32 Å². The molecule has 0 bridgehead atoms. The fourth-order valence-corrected chi connectivity index (χ4v) is 5.86. The predicted octanol–water partition coefficient (Wildman–Crippen LogP) is 1.62. The monoisotopic (exact) mass is 469 g/mol. The Bertz CT molecular complexity index is 895. The second kappa shape index (κ2) is 11.2. The number of rotatable bonds is 8. The lowest BCUT2D eigenvalue weighted by atomic mass is 9.92. The third kappa shape index (κ3) is 5.85. The Labute approximate surface area is 189 Å². The Morgan fingerprint density at radius 2 is 1.69 bits per heavy atom. The van der Waals surface area contributed by atoms with Crippen molar-refractivity contribution in [2.75, 3.05) is 46.4 Å². The number of carbonyl (C=O) groups is 2. The van der Waals surface area contributed by atoms with E-state index in [1.807, 2.05) is 0 Å². The van der Waals surface area contributed by atoms with Crippen molar-refractivity contribution in [3.8, 4) is 0 Å². The molecule has 0 radical (unpaired) electrons. The summed E-state index contributed by atoms with van der Waals surface area (Å²) in [7, 11) is -2.29. The Morgan fingerprint density at radius 1 is 1.06 bits per heavy atom. The van der Waals surface area contributed by atoms with E-state index in [1.54, 1.807) is 12.0 Å². The van der Waals surface area contributed by atoms with Crippen LogP contribution in [0, 0.1) is 17.7 Å². The van der Waals surface area contributed by atoms with Gasteiger partial charge < -0.3 is 15.0 Å². The van der Waals surface area contributed by atoms with Crippen LogP contribution in [0.15, 0.2) is 29.2 Å². The van der Waals surface area contributed by atoms with Crippen molar-refractivity contribution in [1.29, 1.82) is 0 Å². The van der Waals surface area contributed by atoms with Crippen LogP contribution >= 0.6 is 0 Å². The minimum absolute atomic E-state index is 0.0203. The predicted molar refractivity (Wildman–Crippen MR) is 117 cm³/mol. The highest BCUT2D eigenvalue weighted by atomic mass is 32.2. The first kappa shape index (κ1) is 24.6. The van der Waals surface area contributed by atoms with E-state index in [2.05, 4.69) is 5.32 Å². The van der Waals surface area contributed by atoms with Crippen LogP contribution in [0.1, 0.15) is 32.1 Å². The molecule has 2 fully saturated rings. The zero-order chi connectivity index (χ0) is 23.1. The van der Waals surface area contributed by atoms with Crippen LogP contribution in [0.4, 0.5) is 4.39 Å². The number of nitrogens with one attached hydrogen (secondary N) is 1. The summed E-state index contributed by atoms with van der Waals surface area (Å²) < 4.78 is 45.7. The molecule has 0 unspecified atom stereocenters. The molecule has 2 saturated heterocycles. The van der Waals surface area contributed by atoms with E-state index in [0.717, 1.165) is 12.5 Å². The normalized spacial score (nSPS) is 19.1. The van der Waals surface area contributed by atoms with Crippen molar-refractivity contribution < 1.29 is 27.1 Å². The lowest BCUT2D eigenvalue weighted by molar-refractivity contribution is -0.140. The summed E-state index contributed by atoms with van der Waals surface area (Å²) in [5, 5.41) is 2.92. The number of ether oxygens (including phenoxy) is 1. The smallest absolute Gasteiger partial charge is 0.245 e. The van der Waals surface area contributed by atoms with E-state index < -0.39 is 15.8 Å². The molecular formula is C22H32FN3O5S. The molecular weight excluding hydrogens is 437 g/mol. The van der Waals surface area contributed by atoms with E-state index in [-0.39, 0.29) is 41.6 Å². The fourth-order valence-electron chi connectivity index (χ4n) is 4.33. The second-order valence-corrected chi connectivity index (χ2v) is 10.3. The van der Waals surface area contributed by atoms with E-state index >= 15 is 0 Å². The van der Waals surface area contributed by atoms with Crippen molar-refractivity contribution in [3.05, 3.63) is 30.1 Å². The van der Waals surface area contributed by atoms with E-state index in [4.69, 9.17) is 4.74 Å². The highest BCUT2D eigenvalue weighted by molar-refractivity contribution is 7.89. The van der Waals surface area contributed by atoms with Gasteiger partial charge in [-0.3, -0.25) is 9.59 Å². The topological polar surface area (TPSA) is 96.0 Å². The van der Waals surface area contributed by atoms with Gasteiger partial charge in [0, 0.05) is 58.3 Å². The van der Waals surface area contributed by atoms with E-state index in [1.165, 1.54) is 22.5 Å². The van der Waals surface area contributed by atoms with Gasteiger partial charge in [0.05, 0.1) is 0 Å². The number of benzene rings is 1. The lowest BCUT2D eigenvalue weighted by Crippen LogP contribution is -2.48. The van der Waals surface area contributed by atoms with Crippen LogP contribution in [0.5, 0.6) is 0 Å². The Kier molecular flexibility index (Phi) is 8.61. The summed E-state index contributed by atoms with van der Waals surface area (Å²) in [5.41, 5.74) is 0. The number of methoxy groups -OCH3 is 1. The average molecular weight is 470 g/mol. The first-order chi connectivity index (χ1) is 15.3. The van der Waals surface area contributed by atoms with Crippen LogP contribution in [-0.4, -0.2) is 75.9 Å². The van der Waals surface area contributed by atoms with Gasteiger partial charge in [-0.05, 0) is 44.2 Å². The van der Waals surface area contributed by atoms with Crippen molar-refractivity contribution in [2.24, 2.45) is 11.8 Å². The van der Waals surface area contributed by atoms with Gasteiger partial charge in [-0.1, -0.05) is 12.1 Å². The molecule has 2 aliphatic rings. The van der Waals surface area contributed by atoms with Gasteiger partial charge in [0.25, 0.3) is 0 Å². The summed E-state index contributed by atoms with van der Waals surface area (Å²) in [6, 6.07) is 5.34. The van der Waals surface area contributed by atoms with E-state index in [0.29, 0.717) is 51.9 Å². The first-order valence-corrected chi connectivity index (χ1v) is 12.6. The maximum absolute atomic E-state index is 14.0. The first-order valence-electron chi connectivity index (χ1n) is 11.1. The molecule has 0 saturated carbocycles. The summed E-state index contributed by atoms with van der Waals surface area (Å²) in [4.78, 5) is 26.7. The standard InChI is InChI=1S/C22H32FN3O5S/c1-31-16-4-11-24-21(27)17-7-12-25(13-8-17)22(28)18-9-14-26(15-10-18)32(29,30)20-6-3-2-5-19(20)23/h2-3,5-6,17-18H,4,7-16H2,1H3,(H,24,27). The van der Waals surface area contributed by atoms with Gasteiger partial charge in [-0.15, -0.1) is 0 Å². The molecule has 2 heterocycles.